The van der Waals surface area contributed by atoms with Gasteiger partial charge >= 0.3 is 0 Å². The zero-order valence-electron chi connectivity index (χ0n) is 13.0. The smallest absolute Gasteiger partial charge is 0.0678 e. The standard InChI is InChI=1S/C17H28N2O/c1-14-11-19(12-15(2)20-14)17(3,13-18)10-9-16-7-5-4-6-8-16/h4-8,14-15H,9-13,18H2,1-3H3. The Kier molecular flexibility index (Phi) is 5.19. The number of ether oxygens (including phenoxy) is 1. The van der Waals surface area contributed by atoms with Gasteiger partial charge in [0.05, 0.1) is 12.2 Å². The van der Waals surface area contributed by atoms with Crippen molar-refractivity contribution in [3.63, 3.8) is 0 Å². The lowest BCUT2D eigenvalue weighted by Crippen LogP contribution is -2.59. The van der Waals surface area contributed by atoms with E-state index in [9.17, 15) is 0 Å². The molecule has 1 aliphatic heterocycles. The predicted octanol–water partition coefficient (Wildman–Crippen LogP) is 2.45. The van der Waals surface area contributed by atoms with E-state index in [-0.39, 0.29) is 5.54 Å². The Morgan fingerprint density at radius 3 is 2.35 bits per heavy atom. The maximum Gasteiger partial charge on any atom is 0.0678 e. The van der Waals surface area contributed by atoms with Gasteiger partial charge in [-0.25, -0.2) is 0 Å². The second-order valence-corrected chi connectivity index (χ2v) is 6.35. The van der Waals surface area contributed by atoms with Crippen molar-refractivity contribution in [3.8, 4) is 0 Å². The Morgan fingerprint density at radius 1 is 1.20 bits per heavy atom. The first-order valence-corrected chi connectivity index (χ1v) is 7.68. The minimum Gasteiger partial charge on any atom is -0.373 e. The average molecular weight is 276 g/mol. The molecule has 1 fully saturated rings. The van der Waals surface area contributed by atoms with Crippen LogP contribution >= 0.6 is 0 Å². The van der Waals surface area contributed by atoms with E-state index < -0.39 is 0 Å². The zero-order chi connectivity index (χ0) is 14.6. The Labute approximate surface area is 123 Å². The molecule has 2 N–H and O–H groups in total. The number of hydrogen-bond donors (Lipinski definition) is 1. The van der Waals surface area contributed by atoms with Crippen molar-refractivity contribution in [2.75, 3.05) is 19.6 Å². The second kappa shape index (κ2) is 6.70. The van der Waals surface area contributed by atoms with Gasteiger partial charge in [-0.05, 0) is 39.2 Å². The molecule has 112 valence electrons. The lowest BCUT2D eigenvalue weighted by atomic mass is 9.90. The zero-order valence-corrected chi connectivity index (χ0v) is 13.0. The Bertz CT molecular complexity index is 399. The maximum absolute atomic E-state index is 6.11. The van der Waals surface area contributed by atoms with Crippen LogP contribution in [0.4, 0.5) is 0 Å². The Morgan fingerprint density at radius 2 is 1.80 bits per heavy atom. The molecule has 3 nitrogen and oxygen atoms in total. The van der Waals surface area contributed by atoms with Gasteiger partial charge in [0, 0.05) is 25.2 Å². The fourth-order valence-corrected chi connectivity index (χ4v) is 3.07. The summed E-state index contributed by atoms with van der Waals surface area (Å²) in [6, 6.07) is 10.7. The van der Waals surface area contributed by atoms with Crippen molar-refractivity contribution < 1.29 is 4.74 Å². The van der Waals surface area contributed by atoms with E-state index in [1.807, 2.05) is 0 Å². The molecule has 2 rings (SSSR count). The van der Waals surface area contributed by atoms with Crippen LogP contribution in [-0.2, 0) is 11.2 Å². The summed E-state index contributed by atoms with van der Waals surface area (Å²) < 4.78 is 5.84. The first-order valence-electron chi connectivity index (χ1n) is 7.68. The van der Waals surface area contributed by atoms with E-state index in [1.54, 1.807) is 0 Å². The van der Waals surface area contributed by atoms with Crippen LogP contribution in [0.5, 0.6) is 0 Å². The molecule has 0 amide bonds. The van der Waals surface area contributed by atoms with Crippen molar-refractivity contribution in [2.45, 2.75) is 51.4 Å². The van der Waals surface area contributed by atoms with Gasteiger partial charge in [-0.2, -0.15) is 0 Å². The van der Waals surface area contributed by atoms with Gasteiger partial charge < -0.3 is 10.5 Å². The summed E-state index contributed by atoms with van der Waals surface area (Å²) in [7, 11) is 0. The second-order valence-electron chi connectivity index (χ2n) is 6.35. The van der Waals surface area contributed by atoms with Crippen LogP contribution in [0.2, 0.25) is 0 Å². The number of morpholine rings is 1. The molecule has 1 aliphatic rings. The van der Waals surface area contributed by atoms with Crippen molar-refractivity contribution in [1.29, 1.82) is 0 Å². The van der Waals surface area contributed by atoms with Gasteiger partial charge in [0.1, 0.15) is 0 Å². The molecule has 0 bridgehead atoms. The third-order valence-corrected chi connectivity index (χ3v) is 4.42. The highest BCUT2D eigenvalue weighted by molar-refractivity contribution is 5.15. The molecule has 1 aromatic rings. The quantitative estimate of drug-likeness (QED) is 0.898. The lowest BCUT2D eigenvalue weighted by Gasteiger charge is -2.46. The molecule has 0 spiro atoms. The number of nitrogens with zero attached hydrogens (tertiary/aromatic N) is 1. The van der Waals surface area contributed by atoms with Crippen LogP contribution in [0, 0.1) is 0 Å². The van der Waals surface area contributed by atoms with Crippen molar-refractivity contribution >= 4 is 0 Å². The largest absolute Gasteiger partial charge is 0.373 e. The molecule has 3 unspecified atom stereocenters. The van der Waals surface area contributed by atoms with Gasteiger partial charge in [-0.15, -0.1) is 0 Å². The minimum atomic E-state index is 0.0577. The number of nitrogens with two attached hydrogens (primary N) is 1. The molecule has 0 radical (unpaired) electrons. The summed E-state index contributed by atoms with van der Waals surface area (Å²) in [5.74, 6) is 0. The van der Waals surface area contributed by atoms with Gasteiger partial charge in [-0.3, -0.25) is 4.90 Å². The van der Waals surface area contributed by atoms with E-state index in [2.05, 4.69) is 56.0 Å². The fourth-order valence-electron chi connectivity index (χ4n) is 3.07. The van der Waals surface area contributed by atoms with Crippen LogP contribution < -0.4 is 5.73 Å². The monoisotopic (exact) mass is 276 g/mol. The van der Waals surface area contributed by atoms with Crippen LogP contribution in [0.1, 0.15) is 32.8 Å². The topological polar surface area (TPSA) is 38.5 Å². The highest BCUT2D eigenvalue weighted by Crippen LogP contribution is 2.25. The summed E-state index contributed by atoms with van der Waals surface area (Å²) in [6.45, 7) is 9.24. The van der Waals surface area contributed by atoms with E-state index in [0.29, 0.717) is 18.8 Å². The van der Waals surface area contributed by atoms with E-state index in [4.69, 9.17) is 10.5 Å². The first-order chi connectivity index (χ1) is 9.53. The first kappa shape index (κ1) is 15.5. The van der Waals surface area contributed by atoms with Gasteiger partial charge in [0.2, 0.25) is 0 Å². The number of aryl methyl sites for hydroxylation is 1. The van der Waals surface area contributed by atoms with Crippen LogP contribution in [0.15, 0.2) is 30.3 Å². The van der Waals surface area contributed by atoms with Crippen molar-refractivity contribution in [3.05, 3.63) is 35.9 Å². The van der Waals surface area contributed by atoms with Gasteiger partial charge in [0.25, 0.3) is 0 Å². The predicted molar refractivity (Wildman–Crippen MR) is 83.8 cm³/mol. The maximum atomic E-state index is 6.11. The number of hydrogen-bond acceptors (Lipinski definition) is 3. The fraction of sp³-hybridized carbons (Fsp3) is 0.647. The molecular weight excluding hydrogens is 248 g/mol. The third-order valence-electron chi connectivity index (χ3n) is 4.42. The molecule has 1 saturated heterocycles. The van der Waals surface area contributed by atoms with Crippen LogP contribution in [0.3, 0.4) is 0 Å². The van der Waals surface area contributed by atoms with Crippen molar-refractivity contribution in [1.82, 2.24) is 4.90 Å². The summed E-state index contributed by atoms with van der Waals surface area (Å²) in [5, 5.41) is 0. The van der Waals surface area contributed by atoms with E-state index in [1.165, 1.54) is 5.56 Å². The summed E-state index contributed by atoms with van der Waals surface area (Å²) in [4.78, 5) is 2.52. The summed E-state index contributed by atoms with van der Waals surface area (Å²) in [6.07, 6.45) is 2.75. The van der Waals surface area contributed by atoms with Crippen LogP contribution in [0.25, 0.3) is 0 Å². The molecule has 1 heterocycles. The van der Waals surface area contributed by atoms with Crippen molar-refractivity contribution in [2.24, 2.45) is 5.73 Å². The highest BCUT2D eigenvalue weighted by Gasteiger charge is 2.35. The minimum absolute atomic E-state index is 0.0577. The molecule has 1 aromatic carbocycles. The highest BCUT2D eigenvalue weighted by atomic mass is 16.5. The normalized spacial score (nSPS) is 27.2. The third kappa shape index (κ3) is 3.81. The van der Waals surface area contributed by atoms with E-state index >= 15 is 0 Å². The van der Waals surface area contributed by atoms with Gasteiger partial charge in [-0.1, -0.05) is 30.3 Å². The average Bonchev–Trinajstić information content (AvgIpc) is 2.45. The Hall–Kier alpha value is -0.900. The molecular formula is C17H28N2O. The molecule has 0 aliphatic carbocycles. The number of benzene rings is 1. The SMILES string of the molecule is CC1CN(C(C)(CN)CCc2ccccc2)CC(C)O1. The molecule has 0 aromatic heterocycles. The molecule has 20 heavy (non-hydrogen) atoms. The van der Waals surface area contributed by atoms with E-state index in [0.717, 1.165) is 25.9 Å². The molecule has 0 saturated carbocycles. The Balaban J connectivity index is 2.00. The van der Waals surface area contributed by atoms with Crippen LogP contribution in [-0.4, -0.2) is 42.3 Å². The number of rotatable bonds is 5. The van der Waals surface area contributed by atoms with Gasteiger partial charge in [0.15, 0.2) is 0 Å². The molecule has 3 heteroatoms. The molecule has 3 atom stereocenters. The summed E-state index contributed by atoms with van der Waals surface area (Å²) in [5.41, 5.74) is 7.56. The summed E-state index contributed by atoms with van der Waals surface area (Å²) >= 11 is 0. The lowest BCUT2D eigenvalue weighted by molar-refractivity contribution is -0.0986.